The molecule has 0 bridgehead atoms. The summed E-state index contributed by atoms with van der Waals surface area (Å²) in [5.74, 6) is 0. The summed E-state index contributed by atoms with van der Waals surface area (Å²) in [6.45, 7) is 1.54. The van der Waals surface area contributed by atoms with Crippen LogP contribution in [-0.2, 0) is 20.0 Å². The molecule has 0 heterocycles. The highest BCUT2D eigenvalue weighted by Gasteiger charge is 2.32. The van der Waals surface area contributed by atoms with Crippen LogP contribution >= 0.6 is 0 Å². The zero-order valence-corrected chi connectivity index (χ0v) is 11.5. The molecule has 7 heteroatoms. The van der Waals surface area contributed by atoms with Crippen molar-refractivity contribution in [3.05, 3.63) is 35.9 Å². The van der Waals surface area contributed by atoms with Crippen molar-refractivity contribution in [1.29, 1.82) is 0 Å². The van der Waals surface area contributed by atoms with E-state index in [1.807, 2.05) is 0 Å². The van der Waals surface area contributed by atoms with Crippen LogP contribution in [0.15, 0.2) is 30.3 Å². The summed E-state index contributed by atoms with van der Waals surface area (Å²) in [5.41, 5.74) is 0.628. The van der Waals surface area contributed by atoms with Gasteiger partial charge in [0.05, 0.1) is 18.6 Å². The minimum absolute atomic E-state index is 0.523. The van der Waals surface area contributed by atoms with E-state index in [4.69, 9.17) is 0 Å². The molecular weight excluding hydrogens is 262 g/mol. The Morgan fingerprint density at radius 2 is 1.35 bits per heavy atom. The van der Waals surface area contributed by atoms with Crippen molar-refractivity contribution in [2.75, 3.05) is 12.5 Å². The lowest BCUT2D eigenvalue weighted by atomic mass is 10.1. The van der Waals surface area contributed by atoms with Gasteiger partial charge in [0.2, 0.25) is 20.0 Å². The molecule has 0 aliphatic rings. The van der Waals surface area contributed by atoms with Gasteiger partial charge in [0, 0.05) is 0 Å². The molecule has 0 aliphatic carbocycles. The maximum Gasteiger partial charge on any atom is 0.224 e. The number of benzene rings is 1. The maximum absolute atomic E-state index is 11.5. The molecule has 96 valence electrons. The highest BCUT2D eigenvalue weighted by Crippen LogP contribution is 2.25. The SMILES string of the molecule is CC(c1ccccc1)N(S(C)(=O)=O)S(C)(=O)=O. The van der Waals surface area contributed by atoms with E-state index < -0.39 is 26.1 Å². The summed E-state index contributed by atoms with van der Waals surface area (Å²) < 4.78 is 46.7. The van der Waals surface area contributed by atoms with Gasteiger partial charge in [-0.1, -0.05) is 34.0 Å². The van der Waals surface area contributed by atoms with Gasteiger partial charge in [-0.15, -0.1) is 0 Å². The third kappa shape index (κ3) is 3.52. The van der Waals surface area contributed by atoms with Crippen molar-refractivity contribution < 1.29 is 16.8 Å². The van der Waals surface area contributed by atoms with Crippen LogP contribution in [0, 0.1) is 0 Å². The van der Waals surface area contributed by atoms with Crippen molar-refractivity contribution in [3.63, 3.8) is 0 Å². The largest absolute Gasteiger partial charge is 0.224 e. The molecule has 1 unspecified atom stereocenters. The van der Waals surface area contributed by atoms with Crippen LogP contribution in [-0.4, -0.2) is 33.1 Å². The molecule has 0 saturated carbocycles. The summed E-state index contributed by atoms with van der Waals surface area (Å²) in [6.07, 6.45) is 1.76. The molecule has 0 amide bonds. The first-order chi connectivity index (χ1) is 7.64. The lowest BCUT2D eigenvalue weighted by Gasteiger charge is -2.24. The first-order valence-corrected chi connectivity index (χ1v) is 8.58. The van der Waals surface area contributed by atoms with Gasteiger partial charge in [0.1, 0.15) is 0 Å². The molecule has 0 aliphatic heterocycles. The molecule has 17 heavy (non-hydrogen) atoms. The zero-order valence-electron chi connectivity index (χ0n) is 9.86. The molecule has 0 saturated heterocycles. The number of rotatable bonds is 4. The van der Waals surface area contributed by atoms with Crippen molar-refractivity contribution >= 4 is 20.0 Å². The fraction of sp³-hybridized carbons (Fsp3) is 0.400. The number of nitrogens with zero attached hydrogens (tertiary/aromatic N) is 1. The van der Waals surface area contributed by atoms with Gasteiger partial charge < -0.3 is 0 Å². The fourth-order valence-corrected chi connectivity index (χ4v) is 5.03. The number of hydrogen-bond acceptors (Lipinski definition) is 4. The Labute approximate surface area is 102 Å². The highest BCUT2D eigenvalue weighted by atomic mass is 32.3. The molecule has 5 nitrogen and oxygen atoms in total. The minimum Gasteiger partial charge on any atom is -0.212 e. The van der Waals surface area contributed by atoms with E-state index in [1.165, 1.54) is 6.92 Å². The molecule has 1 aromatic carbocycles. The van der Waals surface area contributed by atoms with Crippen LogP contribution in [0.2, 0.25) is 0 Å². The average molecular weight is 277 g/mol. The molecule has 1 rings (SSSR count). The van der Waals surface area contributed by atoms with Gasteiger partial charge in [-0.05, 0) is 12.5 Å². The maximum atomic E-state index is 11.5. The van der Waals surface area contributed by atoms with Gasteiger partial charge in [0.15, 0.2) is 0 Å². The van der Waals surface area contributed by atoms with Crippen LogP contribution in [0.1, 0.15) is 18.5 Å². The van der Waals surface area contributed by atoms with Gasteiger partial charge in [-0.3, -0.25) is 0 Å². The summed E-state index contributed by atoms with van der Waals surface area (Å²) in [5, 5.41) is 0. The number of sulfonamides is 2. The van der Waals surface area contributed by atoms with E-state index >= 15 is 0 Å². The monoisotopic (exact) mass is 277 g/mol. The second-order valence-corrected chi connectivity index (χ2v) is 7.79. The molecule has 0 radical (unpaired) electrons. The van der Waals surface area contributed by atoms with Crippen molar-refractivity contribution in [2.45, 2.75) is 13.0 Å². The molecule has 1 aromatic rings. The van der Waals surface area contributed by atoms with Gasteiger partial charge in [-0.2, -0.15) is 0 Å². The standard InChI is InChI=1S/C10H15NO4S2/c1-9(10-7-5-4-6-8-10)11(16(2,12)13)17(3,14)15/h4-9H,1-3H3. The van der Waals surface area contributed by atoms with Crippen LogP contribution in [0.25, 0.3) is 0 Å². The Hall–Kier alpha value is -0.920. The third-order valence-corrected chi connectivity index (χ3v) is 5.82. The lowest BCUT2D eigenvalue weighted by molar-refractivity contribution is 0.455. The van der Waals surface area contributed by atoms with E-state index in [0.29, 0.717) is 9.27 Å². The van der Waals surface area contributed by atoms with Crippen LogP contribution in [0.5, 0.6) is 0 Å². The minimum atomic E-state index is -3.82. The molecular formula is C10H15NO4S2. The van der Waals surface area contributed by atoms with Crippen LogP contribution in [0.3, 0.4) is 0 Å². The predicted octanol–water partition coefficient (Wildman–Crippen LogP) is 0.969. The Morgan fingerprint density at radius 3 is 1.71 bits per heavy atom. The van der Waals surface area contributed by atoms with Gasteiger partial charge >= 0.3 is 0 Å². The zero-order chi connectivity index (χ0) is 13.3. The topological polar surface area (TPSA) is 71.5 Å². The van der Waals surface area contributed by atoms with Crippen molar-refractivity contribution in [3.8, 4) is 0 Å². The smallest absolute Gasteiger partial charge is 0.212 e. The Balaban J connectivity index is 3.28. The molecule has 1 atom stereocenters. The summed E-state index contributed by atoms with van der Waals surface area (Å²) in [4.78, 5) is 0. The second kappa shape index (κ2) is 4.75. The fourth-order valence-electron chi connectivity index (χ4n) is 1.67. The molecule has 0 fully saturated rings. The van der Waals surface area contributed by atoms with Crippen LogP contribution in [0.4, 0.5) is 0 Å². The Kier molecular flexibility index (Phi) is 3.95. The molecule has 0 aromatic heterocycles. The Bertz CT molecular complexity index is 546. The molecule has 0 spiro atoms. The quantitative estimate of drug-likeness (QED) is 0.822. The first-order valence-electron chi connectivity index (χ1n) is 4.88. The highest BCUT2D eigenvalue weighted by molar-refractivity contribution is 8.03. The van der Waals surface area contributed by atoms with E-state index in [-0.39, 0.29) is 0 Å². The van der Waals surface area contributed by atoms with E-state index in [1.54, 1.807) is 30.3 Å². The third-order valence-electron chi connectivity index (χ3n) is 2.25. The van der Waals surface area contributed by atoms with Gasteiger partial charge in [-0.25, -0.2) is 16.8 Å². The van der Waals surface area contributed by atoms with E-state index in [2.05, 4.69) is 0 Å². The average Bonchev–Trinajstić information content (AvgIpc) is 2.14. The van der Waals surface area contributed by atoms with Crippen LogP contribution < -0.4 is 0 Å². The molecule has 0 N–H and O–H groups in total. The van der Waals surface area contributed by atoms with Crippen molar-refractivity contribution in [1.82, 2.24) is 3.71 Å². The Morgan fingerprint density at radius 1 is 0.941 bits per heavy atom. The summed E-state index contributed by atoms with van der Waals surface area (Å²) >= 11 is 0. The van der Waals surface area contributed by atoms with Gasteiger partial charge in [0.25, 0.3) is 0 Å². The lowest BCUT2D eigenvalue weighted by Crippen LogP contribution is -2.37. The van der Waals surface area contributed by atoms with E-state index in [9.17, 15) is 16.8 Å². The normalized spacial score (nSPS) is 14.8. The van der Waals surface area contributed by atoms with Crippen molar-refractivity contribution in [2.24, 2.45) is 0 Å². The first kappa shape index (κ1) is 14.1. The number of hydrogen-bond donors (Lipinski definition) is 0. The second-order valence-electron chi connectivity index (χ2n) is 3.84. The van der Waals surface area contributed by atoms with E-state index in [0.717, 1.165) is 12.5 Å². The summed E-state index contributed by atoms with van der Waals surface area (Å²) in [7, 11) is -7.65. The predicted molar refractivity (Wildman–Crippen MR) is 66.4 cm³/mol. The summed E-state index contributed by atoms with van der Waals surface area (Å²) in [6, 6.07) is 7.87.